The number of carboxylic acids is 1. The highest BCUT2D eigenvalue weighted by atomic mass is 19.4. The average Bonchev–Trinajstić information content (AvgIpc) is 3.03. The van der Waals surface area contributed by atoms with Gasteiger partial charge in [0.15, 0.2) is 5.82 Å². The summed E-state index contributed by atoms with van der Waals surface area (Å²) in [6, 6.07) is 14.0. The lowest BCUT2D eigenvalue weighted by atomic mass is 9.84. The molecule has 4 N–H and O–H groups in total. The van der Waals surface area contributed by atoms with Crippen LogP contribution in [-0.4, -0.2) is 33.7 Å². The van der Waals surface area contributed by atoms with E-state index in [0.717, 1.165) is 37.7 Å². The Labute approximate surface area is 271 Å². The molecule has 3 aromatic carbocycles. The first-order chi connectivity index (χ1) is 22.6. The molecule has 0 spiro atoms. The summed E-state index contributed by atoms with van der Waals surface area (Å²) < 4.78 is 81.6. The summed E-state index contributed by atoms with van der Waals surface area (Å²) in [6.07, 6.45) is -4.67. The molecule has 0 aliphatic heterocycles. The molecule has 0 saturated heterocycles. The van der Waals surface area contributed by atoms with Crippen LogP contribution in [0.25, 0.3) is 0 Å². The van der Waals surface area contributed by atoms with E-state index in [1.807, 2.05) is 12.1 Å². The number of rotatable bonds is 12. The molecule has 1 aliphatic rings. The first-order valence-corrected chi connectivity index (χ1v) is 15.0. The van der Waals surface area contributed by atoms with Crippen LogP contribution in [-0.2, 0) is 23.7 Å². The zero-order valence-corrected chi connectivity index (χ0v) is 25.4. The van der Waals surface area contributed by atoms with Crippen LogP contribution in [0.2, 0.25) is 0 Å². The second kappa shape index (κ2) is 15.2. The van der Waals surface area contributed by atoms with Gasteiger partial charge >= 0.3 is 24.5 Å². The summed E-state index contributed by atoms with van der Waals surface area (Å²) in [5.41, 5.74) is -1.68. The standard InChI is InChI=1S/C33H32F6N4O5/c34-32(35,36)25-16-26(33(37,38)39)18-27(17-25)41-29(20-43(47)48)42(28-12-10-23(11-13-28)22-4-2-1-3-5-22)19-21-6-8-24(9-7-21)31(46)40-15-14-30(44)45/h6-13,16-18,20,22,41H,1-5,14-15,19H2,(H2-,40,44,45,46,47,48)/p+1/b29-20-. The number of alkyl halides is 6. The third-order valence-corrected chi connectivity index (χ3v) is 7.85. The molecular formula is C33H33F6N4O5+. The quantitative estimate of drug-likeness (QED) is 0.113. The predicted octanol–water partition coefficient (Wildman–Crippen LogP) is 8.06. The summed E-state index contributed by atoms with van der Waals surface area (Å²) in [6.45, 7) is -0.222. The van der Waals surface area contributed by atoms with Crippen molar-refractivity contribution >= 4 is 23.3 Å². The zero-order chi connectivity index (χ0) is 35.1. The molecule has 0 bridgehead atoms. The van der Waals surface area contributed by atoms with Crippen molar-refractivity contribution in [3.8, 4) is 0 Å². The maximum absolute atomic E-state index is 13.6. The first-order valence-electron chi connectivity index (χ1n) is 15.0. The number of nitrogens with zero attached hydrogens (tertiary/aromatic N) is 2. The Balaban J connectivity index is 1.72. The normalized spacial score (nSPS) is 14.3. The summed E-state index contributed by atoms with van der Waals surface area (Å²) in [7, 11) is 0. The second-order valence-corrected chi connectivity index (χ2v) is 11.3. The van der Waals surface area contributed by atoms with Crippen LogP contribution in [0.3, 0.4) is 0 Å². The fourth-order valence-electron chi connectivity index (χ4n) is 5.46. The highest BCUT2D eigenvalue weighted by Gasteiger charge is 2.37. The summed E-state index contributed by atoms with van der Waals surface area (Å²) in [5.74, 6) is -1.66. The third-order valence-electron chi connectivity index (χ3n) is 7.85. The van der Waals surface area contributed by atoms with Gasteiger partial charge in [0.05, 0.1) is 22.5 Å². The summed E-state index contributed by atoms with van der Waals surface area (Å²) in [5, 5.41) is 23.4. The van der Waals surface area contributed by atoms with E-state index in [0.29, 0.717) is 35.5 Å². The first kappa shape index (κ1) is 35.8. The van der Waals surface area contributed by atoms with Gasteiger partial charge in [-0.3, -0.25) is 9.59 Å². The van der Waals surface area contributed by atoms with E-state index in [1.165, 1.54) is 29.2 Å². The van der Waals surface area contributed by atoms with Crippen LogP contribution in [0, 0.1) is 4.91 Å². The molecule has 1 saturated carbocycles. The van der Waals surface area contributed by atoms with Crippen LogP contribution >= 0.6 is 0 Å². The lowest BCUT2D eigenvalue weighted by molar-refractivity contribution is -0.742. The van der Waals surface area contributed by atoms with Crippen LogP contribution in [0.15, 0.2) is 78.8 Å². The van der Waals surface area contributed by atoms with Crippen LogP contribution < -0.4 is 15.5 Å². The minimum atomic E-state index is -5.13. The molecule has 3 aromatic rings. The van der Waals surface area contributed by atoms with Gasteiger partial charge in [-0.25, -0.2) is 5.21 Å². The lowest BCUT2D eigenvalue weighted by Gasteiger charge is -2.28. The molecule has 1 aliphatic carbocycles. The minimum Gasteiger partial charge on any atom is -0.481 e. The topological polar surface area (TPSA) is 122 Å². The van der Waals surface area contributed by atoms with E-state index in [9.17, 15) is 46.0 Å². The number of carbonyl (C=O) groups excluding carboxylic acids is 1. The van der Waals surface area contributed by atoms with Gasteiger partial charge < -0.3 is 20.6 Å². The molecule has 0 heterocycles. The van der Waals surface area contributed by atoms with E-state index in [-0.39, 0.29) is 37.0 Å². The Morgan fingerprint density at radius 2 is 1.46 bits per heavy atom. The number of carboxylic acid groups (broad SMARTS) is 1. The largest absolute Gasteiger partial charge is 0.481 e. The highest BCUT2D eigenvalue weighted by Crippen LogP contribution is 2.39. The van der Waals surface area contributed by atoms with Crippen LogP contribution in [0.1, 0.15) is 77.1 Å². The molecule has 4 rings (SSSR count). The Morgan fingerprint density at radius 1 is 0.875 bits per heavy atom. The molecule has 256 valence electrons. The maximum atomic E-state index is 13.6. The molecule has 0 atom stereocenters. The van der Waals surface area contributed by atoms with Crippen molar-refractivity contribution in [3.05, 3.63) is 111 Å². The summed E-state index contributed by atoms with van der Waals surface area (Å²) in [4.78, 5) is 35.8. The van der Waals surface area contributed by atoms with Gasteiger partial charge in [0.2, 0.25) is 0 Å². The smallest absolute Gasteiger partial charge is 0.416 e. The number of amides is 1. The van der Waals surface area contributed by atoms with Gasteiger partial charge in [-0.2, -0.15) is 26.3 Å². The van der Waals surface area contributed by atoms with Crippen molar-refractivity contribution in [3.63, 3.8) is 0 Å². The fraction of sp³-hybridized carbons (Fsp3) is 0.333. The van der Waals surface area contributed by atoms with Gasteiger partial charge in [0.1, 0.15) is 0 Å². The van der Waals surface area contributed by atoms with Crippen LogP contribution in [0.5, 0.6) is 0 Å². The molecular weight excluding hydrogens is 646 g/mol. The van der Waals surface area contributed by atoms with E-state index >= 15 is 0 Å². The number of hydrogen-bond donors (Lipinski definition) is 4. The molecule has 0 aromatic heterocycles. The lowest BCUT2D eigenvalue weighted by Crippen LogP contribution is -2.28. The average molecular weight is 680 g/mol. The third kappa shape index (κ3) is 9.96. The van der Waals surface area contributed by atoms with Gasteiger partial charge in [0, 0.05) is 30.0 Å². The summed E-state index contributed by atoms with van der Waals surface area (Å²) >= 11 is 0. The van der Waals surface area contributed by atoms with E-state index < -0.39 is 46.0 Å². The van der Waals surface area contributed by atoms with Gasteiger partial charge in [-0.15, -0.1) is 0 Å². The van der Waals surface area contributed by atoms with Crippen molar-refractivity contribution < 1.29 is 51.2 Å². The Hall–Kier alpha value is -5.08. The van der Waals surface area contributed by atoms with Crippen LogP contribution in [0.4, 0.5) is 37.7 Å². The van der Waals surface area contributed by atoms with E-state index in [1.54, 1.807) is 12.1 Å². The number of carbonyl (C=O) groups is 2. The Morgan fingerprint density at radius 3 is 1.98 bits per heavy atom. The molecule has 0 unspecified atom stereocenters. The van der Waals surface area contributed by atoms with Crippen molar-refractivity contribution in [1.82, 2.24) is 5.32 Å². The molecule has 1 fully saturated rings. The van der Waals surface area contributed by atoms with Gasteiger partial charge in [-0.05, 0) is 72.4 Å². The second-order valence-electron chi connectivity index (χ2n) is 11.3. The van der Waals surface area contributed by atoms with Crippen molar-refractivity contribution in [2.75, 3.05) is 16.8 Å². The Bertz CT molecular complexity index is 1600. The zero-order valence-electron chi connectivity index (χ0n) is 25.4. The van der Waals surface area contributed by atoms with Crippen molar-refractivity contribution in [2.24, 2.45) is 0 Å². The fourth-order valence-corrected chi connectivity index (χ4v) is 5.46. The number of aliphatic carboxylic acids is 1. The monoisotopic (exact) mass is 679 g/mol. The predicted molar refractivity (Wildman–Crippen MR) is 163 cm³/mol. The van der Waals surface area contributed by atoms with E-state index in [4.69, 9.17) is 5.11 Å². The Kier molecular flexibility index (Phi) is 11.3. The molecule has 0 radical (unpaired) electrons. The number of benzene rings is 3. The number of halogens is 6. The van der Waals surface area contributed by atoms with Crippen molar-refractivity contribution in [1.29, 1.82) is 0 Å². The van der Waals surface area contributed by atoms with Gasteiger partial charge in [0.25, 0.3) is 10.8 Å². The molecule has 15 heteroatoms. The number of nitrogens with one attached hydrogen (secondary N) is 2. The number of hydrogen-bond acceptors (Lipinski definition) is 5. The maximum Gasteiger partial charge on any atom is 0.416 e. The SMILES string of the molecule is O=C(O)CCNC(=O)c1ccc(CN(/C(=C\[N+](=O)O)Nc2cc(C(F)(F)F)cc(C(F)(F)F)c2)c2ccc(C3CCCCC3)cc2)cc1. The number of anilines is 2. The molecule has 9 nitrogen and oxygen atoms in total. The molecule has 1 amide bonds. The highest BCUT2D eigenvalue weighted by molar-refractivity contribution is 5.94. The molecule has 48 heavy (non-hydrogen) atoms. The minimum absolute atomic E-state index is 0.0261. The van der Waals surface area contributed by atoms with E-state index in [2.05, 4.69) is 10.6 Å². The van der Waals surface area contributed by atoms with Crippen molar-refractivity contribution in [2.45, 2.75) is 63.3 Å². The van der Waals surface area contributed by atoms with Gasteiger partial charge in [-0.1, -0.05) is 43.5 Å².